The Balaban J connectivity index is 1.96. The molecular formula is C11H13ClO3S. The Bertz CT molecular complexity index is 449. The van der Waals surface area contributed by atoms with E-state index in [-0.39, 0.29) is 5.75 Å². The lowest BCUT2D eigenvalue weighted by molar-refractivity contribution is 0.00842. The summed E-state index contributed by atoms with van der Waals surface area (Å²) in [5, 5.41) is 0. The topological polar surface area (TPSA) is 43.4 Å². The Morgan fingerprint density at radius 3 is 2.31 bits per heavy atom. The van der Waals surface area contributed by atoms with E-state index in [1.54, 1.807) is 0 Å². The van der Waals surface area contributed by atoms with E-state index in [9.17, 15) is 8.42 Å². The predicted octanol–water partition coefficient (Wildman–Crippen LogP) is 1.91. The van der Waals surface area contributed by atoms with Crippen molar-refractivity contribution in [2.24, 2.45) is 0 Å². The molecule has 0 aromatic heterocycles. The van der Waals surface area contributed by atoms with E-state index in [4.69, 9.17) is 15.4 Å². The molecule has 1 aromatic rings. The maximum atomic E-state index is 10.8. The van der Waals surface area contributed by atoms with Crippen LogP contribution in [0.3, 0.4) is 0 Å². The summed E-state index contributed by atoms with van der Waals surface area (Å²) in [6.45, 7) is 1.57. The molecule has 0 saturated carbocycles. The molecule has 0 atom stereocenters. The maximum Gasteiger partial charge on any atom is 0.232 e. The Hall–Kier alpha value is -0.580. The van der Waals surface area contributed by atoms with Gasteiger partial charge in [0.25, 0.3) is 0 Å². The van der Waals surface area contributed by atoms with Gasteiger partial charge in [-0.2, -0.15) is 0 Å². The van der Waals surface area contributed by atoms with Gasteiger partial charge in [0.15, 0.2) is 0 Å². The van der Waals surface area contributed by atoms with Gasteiger partial charge in [-0.1, -0.05) is 24.3 Å². The number of aryl methyl sites for hydroxylation is 1. The molecule has 0 aliphatic carbocycles. The Kier molecular flexibility index (Phi) is 3.52. The smallest absolute Gasteiger partial charge is 0.232 e. The first kappa shape index (κ1) is 11.9. The van der Waals surface area contributed by atoms with Crippen LogP contribution in [-0.4, -0.2) is 27.4 Å². The maximum absolute atomic E-state index is 10.8. The lowest BCUT2D eigenvalue weighted by Crippen LogP contribution is -2.24. The van der Waals surface area contributed by atoms with Gasteiger partial charge in [0.1, 0.15) is 0 Å². The highest BCUT2D eigenvalue weighted by molar-refractivity contribution is 8.13. The molecule has 0 amide bonds. The van der Waals surface area contributed by atoms with Crippen molar-refractivity contribution in [3.05, 3.63) is 35.4 Å². The fourth-order valence-electron chi connectivity index (χ4n) is 1.62. The molecule has 3 nitrogen and oxygen atoms in total. The molecule has 88 valence electrons. The lowest BCUT2D eigenvalue weighted by atomic mass is 9.96. The molecule has 16 heavy (non-hydrogen) atoms. The lowest BCUT2D eigenvalue weighted by Gasteiger charge is -2.26. The van der Waals surface area contributed by atoms with Crippen molar-refractivity contribution in [2.45, 2.75) is 12.3 Å². The summed E-state index contributed by atoms with van der Waals surface area (Å²) in [5.74, 6) is 0.492. The standard InChI is InChI=1S/C11H13ClO3S/c12-16(13,14)6-5-9-1-3-10(4-2-9)11-7-15-8-11/h1-4,11H,5-8H2. The minimum atomic E-state index is -3.39. The summed E-state index contributed by atoms with van der Waals surface area (Å²) in [6, 6.07) is 7.97. The highest BCUT2D eigenvalue weighted by Crippen LogP contribution is 2.24. The number of hydrogen-bond acceptors (Lipinski definition) is 3. The SMILES string of the molecule is O=S(=O)(Cl)CCc1ccc(C2COC2)cc1. The number of halogens is 1. The number of ether oxygens (including phenoxy) is 1. The molecule has 1 aliphatic rings. The zero-order valence-corrected chi connectivity index (χ0v) is 10.3. The average Bonchev–Trinajstić information content (AvgIpc) is 2.13. The molecule has 0 radical (unpaired) electrons. The molecule has 1 fully saturated rings. The third-order valence-electron chi connectivity index (χ3n) is 2.72. The van der Waals surface area contributed by atoms with Gasteiger partial charge in [-0.15, -0.1) is 0 Å². The minimum Gasteiger partial charge on any atom is -0.380 e. The van der Waals surface area contributed by atoms with Gasteiger partial charge in [-0.3, -0.25) is 0 Å². The minimum absolute atomic E-state index is 0.0135. The third-order valence-corrected chi connectivity index (χ3v) is 3.88. The van der Waals surface area contributed by atoms with E-state index in [1.807, 2.05) is 24.3 Å². The van der Waals surface area contributed by atoms with Crippen LogP contribution in [-0.2, 0) is 20.2 Å². The normalized spacial score (nSPS) is 17.1. The van der Waals surface area contributed by atoms with Gasteiger partial charge in [0.05, 0.1) is 19.0 Å². The van der Waals surface area contributed by atoms with E-state index in [1.165, 1.54) is 5.56 Å². The zero-order valence-electron chi connectivity index (χ0n) is 8.73. The van der Waals surface area contributed by atoms with Crippen molar-refractivity contribution >= 4 is 19.7 Å². The van der Waals surface area contributed by atoms with Crippen LogP contribution in [0.5, 0.6) is 0 Å². The summed E-state index contributed by atoms with van der Waals surface area (Å²) in [5.41, 5.74) is 2.25. The summed E-state index contributed by atoms with van der Waals surface area (Å²) < 4.78 is 26.7. The van der Waals surface area contributed by atoms with Crippen molar-refractivity contribution in [1.82, 2.24) is 0 Å². The van der Waals surface area contributed by atoms with Crippen LogP contribution < -0.4 is 0 Å². The monoisotopic (exact) mass is 260 g/mol. The number of rotatable bonds is 4. The Morgan fingerprint density at radius 1 is 1.25 bits per heavy atom. The fourth-order valence-corrected chi connectivity index (χ4v) is 2.34. The second kappa shape index (κ2) is 4.73. The van der Waals surface area contributed by atoms with Crippen LogP contribution in [0.15, 0.2) is 24.3 Å². The van der Waals surface area contributed by atoms with Crippen LogP contribution in [0.2, 0.25) is 0 Å². The van der Waals surface area contributed by atoms with E-state index in [0.717, 1.165) is 18.8 Å². The first-order valence-electron chi connectivity index (χ1n) is 5.13. The predicted molar refractivity (Wildman–Crippen MR) is 63.3 cm³/mol. The van der Waals surface area contributed by atoms with E-state index >= 15 is 0 Å². The Labute approximate surface area is 99.8 Å². The van der Waals surface area contributed by atoms with Crippen LogP contribution in [0.25, 0.3) is 0 Å². The molecule has 5 heteroatoms. The quantitative estimate of drug-likeness (QED) is 0.777. The summed E-state index contributed by atoms with van der Waals surface area (Å²) in [6.07, 6.45) is 0.466. The zero-order chi connectivity index (χ0) is 11.6. The van der Waals surface area contributed by atoms with Crippen molar-refractivity contribution < 1.29 is 13.2 Å². The van der Waals surface area contributed by atoms with Gasteiger partial charge in [-0.05, 0) is 17.5 Å². The van der Waals surface area contributed by atoms with Gasteiger partial charge >= 0.3 is 0 Å². The summed E-state index contributed by atoms with van der Waals surface area (Å²) >= 11 is 0. The van der Waals surface area contributed by atoms with Gasteiger partial charge in [0, 0.05) is 16.6 Å². The first-order chi connectivity index (χ1) is 7.54. The highest BCUT2D eigenvalue weighted by Gasteiger charge is 2.19. The largest absolute Gasteiger partial charge is 0.380 e. The summed E-state index contributed by atoms with van der Waals surface area (Å²) in [7, 11) is 1.76. The van der Waals surface area contributed by atoms with Crippen molar-refractivity contribution in [2.75, 3.05) is 19.0 Å². The van der Waals surface area contributed by atoms with Crippen molar-refractivity contribution in [3.63, 3.8) is 0 Å². The molecule has 0 N–H and O–H groups in total. The molecule has 1 aromatic carbocycles. The molecule has 0 spiro atoms. The van der Waals surface area contributed by atoms with Gasteiger partial charge < -0.3 is 4.74 Å². The highest BCUT2D eigenvalue weighted by atomic mass is 35.7. The van der Waals surface area contributed by atoms with Gasteiger partial charge in [0.2, 0.25) is 9.05 Å². The van der Waals surface area contributed by atoms with Gasteiger partial charge in [-0.25, -0.2) is 8.42 Å². The molecule has 1 saturated heterocycles. The molecule has 2 rings (SSSR count). The molecular weight excluding hydrogens is 248 g/mol. The first-order valence-corrected chi connectivity index (χ1v) is 7.61. The van der Waals surface area contributed by atoms with E-state index < -0.39 is 9.05 Å². The van der Waals surface area contributed by atoms with E-state index in [2.05, 4.69) is 0 Å². The molecule has 1 heterocycles. The van der Waals surface area contributed by atoms with Crippen LogP contribution in [0.4, 0.5) is 0 Å². The Morgan fingerprint density at radius 2 is 1.88 bits per heavy atom. The van der Waals surface area contributed by atoms with Crippen LogP contribution in [0.1, 0.15) is 17.0 Å². The van der Waals surface area contributed by atoms with Crippen molar-refractivity contribution in [1.29, 1.82) is 0 Å². The molecule has 0 bridgehead atoms. The number of benzene rings is 1. The molecule has 1 aliphatic heterocycles. The van der Waals surface area contributed by atoms with Crippen molar-refractivity contribution in [3.8, 4) is 0 Å². The van der Waals surface area contributed by atoms with Crippen LogP contribution in [0, 0.1) is 0 Å². The van der Waals surface area contributed by atoms with Crippen LogP contribution >= 0.6 is 10.7 Å². The third kappa shape index (κ3) is 3.20. The summed E-state index contributed by atoms with van der Waals surface area (Å²) in [4.78, 5) is 0. The fraction of sp³-hybridized carbons (Fsp3) is 0.455. The van der Waals surface area contributed by atoms with E-state index in [0.29, 0.717) is 12.3 Å². The second-order valence-electron chi connectivity index (χ2n) is 3.97. The number of hydrogen-bond donors (Lipinski definition) is 0. The molecule has 0 unspecified atom stereocenters. The second-order valence-corrected chi connectivity index (χ2v) is 6.87. The average molecular weight is 261 g/mol.